The predicted molar refractivity (Wildman–Crippen MR) is 104 cm³/mol. The van der Waals surface area contributed by atoms with Gasteiger partial charge in [-0.2, -0.15) is 15.6 Å². The normalized spacial score (nSPS) is 16.5. The van der Waals surface area contributed by atoms with Crippen molar-refractivity contribution in [1.29, 1.82) is 0 Å². The number of carbonyl (C=O) groups is 1. The summed E-state index contributed by atoms with van der Waals surface area (Å²) >= 11 is 1.62. The zero-order chi connectivity index (χ0) is 18.6. The number of sulfonamides is 1. The van der Waals surface area contributed by atoms with Crippen LogP contribution in [-0.4, -0.2) is 56.8 Å². The molecule has 1 fully saturated rings. The summed E-state index contributed by atoms with van der Waals surface area (Å²) in [5.74, 6) is -0.0779. The fourth-order valence-electron chi connectivity index (χ4n) is 2.80. The van der Waals surface area contributed by atoms with Gasteiger partial charge in [-0.1, -0.05) is 0 Å². The molecule has 1 aromatic carbocycles. The first-order chi connectivity index (χ1) is 12.4. The van der Waals surface area contributed by atoms with E-state index in [0.717, 1.165) is 18.7 Å². The molecule has 1 aliphatic heterocycles. The third-order valence-corrected chi connectivity index (χ3v) is 7.10. The first-order valence-corrected chi connectivity index (χ1v) is 10.9. The quantitative estimate of drug-likeness (QED) is 0.817. The lowest BCUT2D eigenvalue weighted by molar-refractivity contribution is -0.116. The molecule has 1 aliphatic rings. The lowest BCUT2D eigenvalue weighted by Crippen LogP contribution is -2.46. The summed E-state index contributed by atoms with van der Waals surface area (Å²) in [6.07, 6.45) is 1.10. The number of nitrogens with zero attached hydrogens (tertiary/aromatic N) is 2. The van der Waals surface area contributed by atoms with Crippen molar-refractivity contribution in [3.8, 4) is 0 Å². The van der Waals surface area contributed by atoms with Crippen LogP contribution in [0.15, 0.2) is 46.0 Å². The maximum atomic E-state index is 12.7. The summed E-state index contributed by atoms with van der Waals surface area (Å²) in [5.41, 5.74) is 1.76. The number of aryl methyl sites for hydroxylation is 1. The molecule has 1 aromatic heterocycles. The van der Waals surface area contributed by atoms with E-state index in [0.29, 0.717) is 31.6 Å². The van der Waals surface area contributed by atoms with Gasteiger partial charge in [-0.05, 0) is 60.1 Å². The van der Waals surface area contributed by atoms with Gasteiger partial charge in [0.05, 0.1) is 4.90 Å². The highest BCUT2D eigenvalue weighted by molar-refractivity contribution is 7.89. The van der Waals surface area contributed by atoms with Gasteiger partial charge in [0.2, 0.25) is 15.9 Å². The van der Waals surface area contributed by atoms with Crippen molar-refractivity contribution in [3.63, 3.8) is 0 Å². The summed E-state index contributed by atoms with van der Waals surface area (Å²) in [7, 11) is -1.49. The minimum atomic E-state index is -3.48. The van der Waals surface area contributed by atoms with Crippen molar-refractivity contribution in [3.05, 3.63) is 46.7 Å². The maximum absolute atomic E-state index is 12.7. The number of anilines is 1. The summed E-state index contributed by atoms with van der Waals surface area (Å²) in [5, 5.41) is 6.84. The fourth-order valence-corrected chi connectivity index (χ4v) is 4.93. The highest BCUT2D eigenvalue weighted by Gasteiger charge is 2.27. The third kappa shape index (κ3) is 4.70. The Morgan fingerprint density at radius 1 is 1.12 bits per heavy atom. The van der Waals surface area contributed by atoms with E-state index in [2.05, 4.69) is 10.2 Å². The number of carbonyl (C=O) groups excluding carboxylic acids is 1. The zero-order valence-electron chi connectivity index (χ0n) is 14.7. The highest BCUT2D eigenvalue weighted by atomic mass is 32.2. The van der Waals surface area contributed by atoms with Crippen LogP contribution in [0.3, 0.4) is 0 Å². The molecule has 0 saturated carbocycles. The molecule has 6 nitrogen and oxygen atoms in total. The van der Waals surface area contributed by atoms with Crippen LogP contribution in [0.2, 0.25) is 0 Å². The Morgan fingerprint density at radius 2 is 1.81 bits per heavy atom. The molecule has 0 atom stereocenters. The van der Waals surface area contributed by atoms with E-state index in [4.69, 9.17) is 0 Å². The van der Waals surface area contributed by atoms with Gasteiger partial charge in [-0.25, -0.2) is 8.42 Å². The van der Waals surface area contributed by atoms with Gasteiger partial charge in [0.25, 0.3) is 0 Å². The third-order valence-electron chi connectivity index (χ3n) is 4.46. The van der Waals surface area contributed by atoms with Crippen LogP contribution < -0.4 is 5.32 Å². The van der Waals surface area contributed by atoms with E-state index in [-0.39, 0.29) is 10.8 Å². The number of likely N-dealkylation sites (N-methyl/N-ethyl adjacent to an activating group) is 1. The molecule has 0 spiro atoms. The fraction of sp³-hybridized carbons (Fsp3) is 0.389. The highest BCUT2D eigenvalue weighted by Crippen LogP contribution is 2.20. The standard InChI is InChI=1S/C18H23N3O3S2/c1-20-9-11-21(12-10-20)26(23,24)17-5-3-16(4-6-17)19-18(22)7-2-15-8-13-25-14-15/h3-6,8,13-14H,2,7,9-12H2,1H3,(H,19,22). The molecule has 2 aromatic rings. The molecule has 0 unspecified atom stereocenters. The van der Waals surface area contributed by atoms with E-state index >= 15 is 0 Å². The topological polar surface area (TPSA) is 69.7 Å². The molecule has 26 heavy (non-hydrogen) atoms. The molecule has 0 radical (unpaired) electrons. The minimum absolute atomic E-state index is 0.0779. The maximum Gasteiger partial charge on any atom is 0.243 e. The Morgan fingerprint density at radius 3 is 2.42 bits per heavy atom. The van der Waals surface area contributed by atoms with Crippen molar-refractivity contribution < 1.29 is 13.2 Å². The molecule has 3 rings (SSSR count). The van der Waals surface area contributed by atoms with Crippen molar-refractivity contribution >= 4 is 33.0 Å². The summed E-state index contributed by atoms with van der Waals surface area (Å²) in [6.45, 7) is 2.47. The van der Waals surface area contributed by atoms with E-state index in [1.54, 1.807) is 35.6 Å². The van der Waals surface area contributed by atoms with E-state index in [9.17, 15) is 13.2 Å². The minimum Gasteiger partial charge on any atom is -0.326 e. The Kier molecular flexibility index (Phi) is 6.08. The number of hydrogen-bond acceptors (Lipinski definition) is 5. The van der Waals surface area contributed by atoms with E-state index in [1.807, 2.05) is 23.9 Å². The van der Waals surface area contributed by atoms with E-state index in [1.165, 1.54) is 4.31 Å². The van der Waals surface area contributed by atoms with Gasteiger partial charge in [-0.3, -0.25) is 4.79 Å². The van der Waals surface area contributed by atoms with Crippen LogP contribution in [0.25, 0.3) is 0 Å². The molecular weight excluding hydrogens is 370 g/mol. The second kappa shape index (κ2) is 8.30. The Hall–Kier alpha value is -1.74. The summed E-state index contributed by atoms with van der Waals surface area (Å²) in [4.78, 5) is 14.4. The monoisotopic (exact) mass is 393 g/mol. The molecule has 2 heterocycles. The van der Waals surface area contributed by atoms with Crippen LogP contribution in [0.1, 0.15) is 12.0 Å². The lowest BCUT2D eigenvalue weighted by atomic mass is 10.2. The second-order valence-electron chi connectivity index (χ2n) is 6.41. The molecule has 8 heteroatoms. The van der Waals surface area contributed by atoms with Crippen molar-refractivity contribution in [2.45, 2.75) is 17.7 Å². The zero-order valence-corrected chi connectivity index (χ0v) is 16.4. The molecule has 1 saturated heterocycles. The largest absolute Gasteiger partial charge is 0.326 e. The Bertz CT molecular complexity index is 825. The number of piperazine rings is 1. The molecular formula is C18H23N3O3S2. The second-order valence-corrected chi connectivity index (χ2v) is 9.13. The number of rotatable bonds is 6. The van der Waals surface area contributed by atoms with Crippen LogP contribution >= 0.6 is 11.3 Å². The first-order valence-electron chi connectivity index (χ1n) is 8.55. The van der Waals surface area contributed by atoms with Gasteiger partial charge in [-0.15, -0.1) is 0 Å². The number of nitrogens with one attached hydrogen (secondary N) is 1. The van der Waals surface area contributed by atoms with Gasteiger partial charge in [0.1, 0.15) is 0 Å². The predicted octanol–water partition coefficient (Wildman–Crippen LogP) is 2.26. The molecule has 0 aliphatic carbocycles. The van der Waals surface area contributed by atoms with Gasteiger partial charge in [0.15, 0.2) is 0 Å². The SMILES string of the molecule is CN1CCN(S(=O)(=O)c2ccc(NC(=O)CCc3ccsc3)cc2)CC1. The lowest BCUT2D eigenvalue weighted by Gasteiger charge is -2.31. The van der Waals surface area contributed by atoms with Crippen LogP contribution in [0.5, 0.6) is 0 Å². The van der Waals surface area contributed by atoms with Crippen molar-refractivity contribution in [2.24, 2.45) is 0 Å². The molecule has 0 bridgehead atoms. The Balaban J connectivity index is 1.58. The number of amides is 1. The van der Waals surface area contributed by atoms with Crippen LogP contribution in [0, 0.1) is 0 Å². The van der Waals surface area contributed by atoms with Crippen molar-refractivity contribution in [2.75, 3.05) is 38.5 Å². The smallest absolute Gasteiger partial charge is 0.243 e. The molecule has 1 amide bonds. The van der Waals surface area contributed by atoms with Gasteiger partial charge >= 0.3 is 0 Å². The average molecular weight is 394 g/mol. The van der Waals surface area contributed by atoms with Crippen molar-refractivity contribution in [1.82, 2.24) is 9.21 Å². The van der Waals surface area contributed by atoms with Crippen LogP contribution in [0.4, 0.5) is 5.69 Å². The van der Waals surface area contributed by atoms with Crippen LogP contribution in [-0.2, 0) is 21.2 Å². The molecule has 1 N–H and O–H groups in total. The van der Waals surface area contributed by atoms with E-state index < -0.39 is 10.0 Å². The van der Waals surface area contributed by atoms with Gasteiger partial charge < -0.3 is 10.2 Å². The summed E-state index contributed by atoms with van der Waals surface area (Å²) in [6, 6.07) is 8.41. The van der Waals surface area contributed by atoms with Gasteiger partial charge in [0, 0.05) is 38.3 Å². The first kappa shape index (κ1) is 19.0. The Labute approximate surface area is 158 Å². The number of hydrogen-bond donors (Lipinski definition) is 1. The summed E-state index contributed by atoms with van der Waals surface area (Å²) < 4.78 is 26.9. The average Bonchev–Trinajstić information content (AvgIpc) is 3.14. The molecule has 140 valence electrons. The number of benzene rings is 1. The number of thiophene rings is 1.